The first-order chi connectivity index (χ1) is 9.54. The van der Waals surface area contributed by atoms with Gasteiger partial charge in [0, 0.05) is 11.5 Å². The number of hydrogen-bond acceptors (Lipinski definition) is 4. The number of fused-ring (bicyclic) bond motifs is 3. The maximum atomic E-state index is 12.0. The number of phenols is 1. The van der Waals surface area contributed by atoms with Crippen LogP contribution in [0.3, 0.4) is 0 Å². The van der Waals surface area contributed by atoms with Gasteiger partial charge in [-0.2, -0.15) is 0 Å². The molecule has 1 heterocycles. The lowest BCUT2D eigenvalue weighted by molar-refractivity contribution is -0.117. The lowest BCUT2D eigenvalue weighted by Gasteiger charge is -2.05. The molecule has 3 aromatic rings. The van der Waals surface area contributed by atoms with Gasteiger partial charge in [-0.1, -0.05) is 12.1 Å². The van der Waals surface area contributed by atoms with E-state index in [0.717, 1.165) is 5.39 Å². The van der Waals surface area contributed by atoms with Crippen LogP contribution in [0, 0.1) is 0 Å². The number of primary amides is 1. The van der Waals surface area contributed by atoms with Crippen LogP contribution >= 0.6 is 0 Å². The summed E-state index contributed by atoms with van der Waals surface area (Å²) in [6.07, 6.45) is 0.0724. The summed E-state index contributed by atoms with van der Waals surface area (Å²) in [4.78, 5) is 22.9. The first-order valence-electron chi connectivity index (χ1n) is 6.01. The van der Waals surface area contributed by atoms with Crippen LogP contribution in [0.1, 0.15) is 5.56 Å². The Morgan fingerprint density at radius 1 is 1.10 bits per heavy atom. The molecule has 3 rings (SSSR count). The second kappa shape index (κ2) is 4.38. The Kier molecular flexibility index (Phi) is 2.68. The molecule has 5 heteroatoms. The monoisotopic (exact) mass is 269 g/mol. The SMILES string of the molecule is NC(=O)Cc1ccc2c(c1)c(=O)oc1cc(O)ccc12. The van der Waals surface area contributed by atoms with Gasteiger partial charge >= 0.3 is 5.63 Å². The first-order valence-corrected chi connectivity index (χ1v) is 6.01. The van der Waals surface area contributed by atoms with E-state index in [1.807, 2.05) is 0 Å². The van der Waals surface area contributed by atoms with Gasteiger partial charge < -0.3 is 15.3 Å². The van der Waals surface area contributed by atoms with Gasteiger partial charge in [0.2, 0.25) is 5.91 Å². The molecule has 0 aliphatic rings. The molecule has 0 aliphatic carbocycles. The zero-order valence-electron chi connectivity index (χ0n) is 10.4. The summed E-state index contributed by atoms with van der Waals surface area (Å²) in [5.74, 6) is -0.426. The molecule has 0 saturated carbocycles. The molecule has 0 aliphatic heterocycles. The number of rotatable bonds is 2. The number of nitrogens with two attached hydrogens (primary N) is 1. The third-order valence-electron chi connectivity index (χ3n) is 3.14. The van der Waals surface area contributed by atoms with Crippen molar-refractivity contribution in [1.29, 1.82) is 0 Å². The van der Waals surface area contributed by atoms with Crippen LogP contribution < -0.4 is 11.4 Å². The first kappa shape index (κ1) is 12.2. The predicted molar refractivity (Wildman–Crippen MR) is 74.6 cm³/mol. The molecule has 0 fully saturated rings. The third-order valence-corrected chi connectivity index (χ3v) is 3.14. The fourth-order valence-corrected chi connectivity index (χ4v) is 2.28. The Morgan fingerprint density at radius 3 is 2.60 bits per heavy atom. The van der Waals surface area contributed by atoms with Crippen molar-refractivity contribution < 1.29 is 14.3 Å². The van der Waals surface area contributed by atoms with Crippen LogP contribution in [0.5, 0.6) is 5.75 Å². The van der Waals surface area contributed by atoms with Gasteiger partial charge in [-0.15, -0.1) is 0 Å². The lowest BCUT2D eigenvalue weighted by atomic mass is 10.0. The van der Waals surface area contributed by atoms with Crippen molar-refractivity contribution in [2.24, 2.45) is 5.73 Å². The molecule has 0 spiro atoms. The Hall–Kier alpha value is -2.82. The Bertz CT molecular complexity index is 895. The van der Waals surface area contributed by atoms with Gasteiger partial charge in [0.15, 0.2) is 0 Å². The highest BCUT2D eigenvalue weighted by Gasteiger charge is 2.09. The van der Waals surface area contributed by atoms with Crippen molar-refractivity contribution in [1.82, 2.24) is 0 Å². The molecule has 0 bridgehead atoms. The van der Waals surface area contributed by atoms with Crippen LogP contribution in [0.4, 0.5) is 0 Å². The highest BCUT2D eigenvalue weighted by molar-refractivity contribution is 6.04. The number of carbonyl (C=O) groups excluding carboxylic acids is 1. The molecule has 20 heavy (non-hydrogen) atoms. The van der Waals surface area contributed by atoms with Crippen LogP contribution in [0.2, 0.25) is 0 Å². The van der Waals surface area contributed by atoms with Crippen molar-refractivity contribution in [3.05, 3.63) is 52.4 Å². The average molecular weight is 269 g/mol. The highest BCUT2D eigenvalue weighted by Crippen LogP contribution is 2.26. The Labute approximate surface area is 113 Å². The van der Waals surface area contributed by atoms with Crippen LogP contribution in [0.15, 0.2) is 45.6 Å². The zero-order chi connectivity index (χ0) is 14.3. The predicted octanol–water partition coefficient (Wildman–Crippen LogP) is 1.68. The lowest BCUT2D eigenvalue weighted by Crippen LogP contribution is -2.13. The molecular formula is C15H11NO4. The van der Waals surface area contributed by atoms with Gasteiger partial charge in [-0.3, -0.25) is 4.79 Å². The summed E-state index contributed by atoms with van der Waals surface area (Å²) < 4.78 is 5.18. The van der Waals surface area contributed by atoms with E-state index in [1.165, 1.54) is 12.1 Å². The molecule has 1 aromatic heterocycles. The summed E-state index contributed by atoms with van der Waals surface area (Å²) in [5.41, 5.74) is 5.62. The minimum Gasteiger partial charge on any atom is -0.508 e. The molecule has 3 N–H and O–H groups in total. The van der Waals surface area contributed by atoms with Crippen LogP contribution in [-0.4, -0.2) is 11.0 Å². The Morgan fingerprint density at radius 2 is 1.85 bits per heavy atom. The Balaban J connectivity index is 2.34. The maximum Gasteiger partial charge on any atom is 0.344 e. The molecule has 0 radical (unpaired) electrons. The van der Waals surface area contributed by atoms with E-state index in [1.54, 1.807) is 24.3 Å². The molecule has 0 atom stereocenters. The fraction of sp³-hybridized carbons (Fsp3) is 0.0667. The largest absolute Gasteiger partial charge is 0.508 e. The number of hydrogen-bond donors (Lipinski definition) is 2. The minimum atomic E-state index is -0.510. The number of amides is 1. The number of benzene rings is 2. The van der Waals surface area contributed by atoms with Gasteiger partial charge in [-0.25, -0.2) is 4.79 Å². The zero-order valence-corrected chi connectivity index (χ0v) is 10.4. The van der Waals surface area contributed by atoms with Crippen molar-refractivity contribution >= 4 is 27.6 Å². The average Bonchev–Trinajstić information content (AvgIpc) is 2.38. The summed E-state index contributed by atoms with van der Waals surface area (Å²) in [6.45, 7) is 0. The van der Waals surface area contributed by atoms with Crippen molar-refractivity contribution in [3.8, 4) is 5.75 Å². The summed E-state index contributed by atoms with van der Waals surface area (Å²) in [7, 11) is 0. The van der Waals surface area contributed by atoms with E-state index in [-0.39, 0.29) is 12.2 Å². The smallest absolute Gasteiger partial charge is 0.344 e. The standard InChI is InChI=1S/C15H11NO4/c16-14(18)6-8-1-3-10-11-4-2-9(17)7-13(11)20-15(19)12(10)5-8/h1-5,7,17H,6H2,(H2,16,18). The van der Waals surface area contributed by atoms with Gasteiger partial charge in [0.05, 0.1) is 11.8 Å². The summed E-state index contributed by atoms with van der Waals surface area (Å²) >= 11 is 0. The van der Waals surface area contributed by atoms with E-state index in [9.17, 15) is 14.7 Å². The minimum absolute atomic E-state index is 0.0327. The van der Waals surface area contributed by atoms with E-state index >= 15 is 0 Å². The molecule has 1 amide bonds. The van der Waals surface area contributed by atoms with Crippen molar-refractivity contribution in [3.63, 3.8) is 0 Å². The summed E-state index contributed by atoms with van der Waals surface area (Å²) in [6, 6.07) is 9.72. The number of aromatic hydroxyl groups is 1. The molecule has 5 nitrogen and oxygen atoms in total. The van der Waals surface area contributed by atoms with Crippen molar-refractivity contribution in [2.45, 2.75) is 6.42 Å². The highest BCUT2D eigenvalue weighted by atomic mass is 16.4. The van der Waals surface area contributed by atoms with Crippen LogP contribution in [0.25, 0.3) is 21.7 Å². The number of phenolic OH excluding ortho intramolecular Hbond substituents is 1. The molecule has 0 unspecified atom stereocenters. The molecular weight excluding hydrogens is 258 g/mol. The van der Waals surface area contributed by atoms with E-state index in [0.29, 0.717) is 21.9 Å². The maximum absolute atomic E-state index is 12.0. The molecule has 0 saturated heterocycles. The third kappa shape index (κ3) is 1.99. The quantitative estimate of drug-likeness (QED) is 0.546. The van der Waals surface area contributed by atoms with Gasteiger partial charge in [-0.05, 0) is 29.1 Å². The molecule has 100 valence electrons. The van der Waals surface area contributed by atoms with E-state index < -0.39 is 11.5 Å². The second-order valence-electron chi connectivity index (χ2n) is 4.59. The molecule has 2 aromatic carbocycles. The topological polar surface area (TPSA) is 93.5 Å². The second-order valence-corrected chi connectivity index (χ2v) is 4.59. The fourth-order valence-electron chi connectivity index (χ4n) is 2.28. The van der Waals surface area contributed by atoms with Crippen LogP contribution in [-0.2, 0) is 11.2 Å². The summed E-state index contributed by atoms with van der Waals surface area (Å²) in [5, 5.41) is 11.3. The van der Waals surface area contributed by atoms with Gasteiger partial charge in [0.1, 0.15) is 11.3 Å². The van der Waals surface area contributed by atoms with E-state index in [2.05, 4.69) is 0 Å². The number of carbonyl (C=O) groups is 1. The normalized spacial score (nSPS) is 11.0. The van der Waals surface area contributed by atoms with E-state index in [4.69, 9.17) is 10.2 Å². The van der Waals surface area contributed by atoms with Gasteiger partial charge in [0.25, 0.3) is 0 Å². The van der Waals surface area contributed by atoms with Crippen molar-refractivity contribution in [2.75, 3.05) is 0 Å².